The molecule has 0 fully saturated rings. The molecule has 1 unspecified atom stereocenters. The van der Waals surface area contributed by atoms with Gasteiger partial charge in [0.15, 0.2) is 9.84 Å². The third-order valence-electron chi connectivity index (χ3n) is 1.49. The van der Waals surface area contributed by atoms with Gasteiger partial charge in [0.2, 0.25) is 0 Å². The summed E-state index contributed by atoms with van der Waals surface area (Å²) in [7, 11) is -3.49. The molecule has 0 spiro atoms. The fourth-order valence-corrected chi connectivity index (χ4v) is 2.64. The molecule has 0 aliphatic carbocycles. The van der Waals surface area contributed by atoms with Crippen LogP contribution in [-0.4, -0.2) is 23.4 Å². The second kappa shape index (κ2) is 5.77. The van der Waals surface area contributed by atoms with Gasteiger partial charge in [0.05, 0.1) is 9.92 Å². The predicted molar refractivity (Wildman–Crippen MR) is 51.7 cm³/mol. The number of benzene rings is 1. The molecular formula is C7H6ClNaO4S2. The number of halogens is 1. The van der Waals surface area contributed by atoms with Gasteiger partial charge < -0.3 is 4.55 Å². The van der Waals surface area contributed by atoms with E-state index < -0.39 is 20.9 Å². The second-order valence-electron chi connectivity index (χ2n) is 2.60. The quantitative estimate of drug-likeness (QED) is 0.462. The molecular weight excluding hydrogens is 271 g/mol. The van der Waals surface area contributed by atoms with Crippen molar-refractivity contribution in [2.75, 3.05) is 6.26 Å². The summed E-state index contributed by atoms with van der Waals surface area (Å²) in [5.74, 6) is 0. The zero-order valence-corrected chi connectivity index (χ0v) is 12.4. The van der Waals surface area contributed by atoms with Gasteiger partial charge in [-0.2, -0.15) is 0 Å². The molecule has 0 N–H and O–H groups in total. The molecule has 0 saturated carbocycles. The molecule has 0 saturated heterocycles. The number of hydrogen-bond donors (Lipinski definition) is 0. The van der Waals surface area contributed by atoms with E-state index in [4.69, 9.17) is 11.6 Å². The van der Waals surface area contributed by atoms with Crippen LogP contribution in [0.25, 0.3) is 0 Å². The van der Waals surface area contributed by atoms with E-state index in [9.17, 15) is 17.2 Å². The van der Waals surface area contributed by atoms with E-state index in [1.54, 1.807) is 0 Å². The van der Waals surface area contributed by atoms with Crippen LogP contribution in [-0.2, 0) is 20.9 Å². The second-order valence-corrected chi connectivity index (χ2v) is 5.93. The summed E-state index contributed by atoms with van der Waals surface area (Å²) < 4.78 is 43.4. The Labute approximate surface area is 118 Å². The molecule has 0 amide bonds. The van der Waals surface area contributed by atoms with E-state index >= 15 is 0 Å². The van der Waals surface area contributed by atoms with E-state index in [-0.39, 0.29) is 44.4 Å². The van der Waals surface area contributed by atoms with Gasteiger partial charge in [0.25, 0.3) is 0 Å². The van der Waals surface area contributed by atoms with Crippen molar-refractivity contribution in [3.05, 3.63) is 23.2 Å². The van der Waals surface area contributed by atoms with Gasteiger partial charge in [-0.25, -0.2) is 8.42 Å². The van der Waals surface area contributed by atoms with Crippen molar-refractivity contribution >= 4 is 32.5 Å². The molecule has 1 aromatic rings. The van der Waals surface area contributed by atoms with Crippen LogP contribution in [0.4, 0.5) is 0 Å². The fourth-order valence-electron chi connectivity index (χ4n) is 0.872. The van der Waals surface area contributed by atoms with E-state index in [2.05, 4.69) is 0 Å². The Hall–Kier alpha value is 0.570. The molecule has 15 heavy (non-hydrogen) atoms. The fraction of sp³-hybridized carbons (Fsp3) is 0.143. The van der Waals surface area contributed by atoms with Crippen LogP contribution in [0.1, 0.15) is 0 Å². The molecule has 4 nitrogen and oxygen atoms in total. The Bertz CT molecular complexity index is 486. The predicted octanol–water partition coefficient (Wildman–Crippen LogP) is -2.01. The number of hydrogen-bond acceptors (Lipinski definition) is 4. The molecule has 8 heteroatoms. The van der Waals surface area contributed by atoms with Gasteiger partial charge in [-0.05, 0) is 29.3 Å². The van der Waals surface area contributed by atoms with Gasteiger partial charge in [0.1, 0.15) is 0 Å². The van der Waals surface area contributed by atoms with Crippen molar-refractivity contribution in [2.45, 2.75) is 9.79 Å². The summed E-state index contributed by atoms with van der Waals surface area (Å²) in [4.78, 5) is -0.282. The minimum atomic E-state index is -3.49. The number of rotatable bonds is 2. The molecule has 0 radical (unpaired) electrons. The van der Waals surface area contributed by atoms with E-state index in [0.29, 0.717) is 0 Å². The third-order valence-corrected chi connectivity index (χ3v) is 3.71. The summed E-state index contributed by atoms with van der Waals surface area (Å²) in [6, 6.07) is 3.50. The number of sulfone groups is 1. The Kier molecular flexibility index (Phi) is 5.99. The van der Waals surface area contributed by atoms with Gasteiger partial charge in [-0.15, -0.1) is 0 Å². The van der Waals surface area contributed by atoms with Crippen LogP contribution in [0, 0.1) is 0 Å². The van der Waals surface area contributed by atoms with Crippen molar-refractivity contribution in [3.8, 4) is 0 Å². The summed E-state index contributed by atoms with van der Waals surface area (Å²) in [6.07, 6.45) is 0.964. The van der Waals surface area contributed by atoms with Crippen molar-refractivity contribution in [2.24, 2.45) is 0 Å². The van der Waals surface area contributed by atoms with Gasteiger partial charge in [-0.3, -0.25) is 4.21 Å². The molecule has 1 atom stereocenters. The average molecular weight is 277 g/mol. The van der Waals surface area contributed by atoms with Gasteiger partial charge >= 0.3 is 29.6 Å². The molecule has 0 bridgehead atoms. The molecule has 1 rings (SSSR count). The Morgan fingerprint density at radius 3 is 2.33 bits per heavy atom. The Morgan fingerprint density at radius 2 is 1.93 bits per heavy atom. The normalized spacial score (nSPS) is 13.0. The molecule has 0 heterocycles. The first kappa shape index (κ1) is 15.6. The largest absolute Gasteiger partial charge is 1.00 e. The maximum absolute atomic E-state index is 11.1. The first-order valence-corrected chi connectivity index (χ1v) is 6.75. The van der Waals surface area contributed by atoms with Crippen molar-refractivity contribution in [1.82, 2.24) is 0 Å². The minimum absolute atomic E-state index is 0. The monoisotopic (exact) mass is 276 g/mol. The summed E-state index contributed by atoms with van der Waals surface area (Å²) in [5, 5.41) is 0.0155. The van der Waals surface area contributed by atoms with Crippen molar-refractivity contribution in [1.29, 1.82) is 0 Å². The van der Waals surface area contributed by atoms with Crippen LogP contribution in [0.2, 0.25) is 5.02 Å². The summed E-state index contributed by atoms with van der Waals surface area (Å²) >= 11 is 3.15. The SMILES string of the molecule is CS(=O)(=O)c1cc(S(=O)[O-])ccc1Cl.[Na+]. The van der Waals surface area contributed by atoms with Crippen molar-refractivity contribution < 1.29 is 46.7 Å². The maximum atomic E-state index is 11.1. The van der Waals surface area contributed by atoms with Crippen LogP contribution in [0.5, 0.6) is 0 Å². The smallest absolute Gasteiger partial charge is 0.768 e. The third kappa shape index (κ3) is 4.14. The Balaban J connectivity index is 0.00000196. The standard InChI is InChI=1S/C7H7ClO4S2.Na/c1-14(11,12)7-4-5(13(9)10)2-3-6(7)8;/h2-4H,1H3,(H,9,10);/q;+1/p-1. The Morgan fingerprint density at radius 1 is 1.40 bits per heavy atom. The summed E-state index contributed by atoms with van der Waals surface area (Å²) in [6.45, 7) is 0. The van der Waals surface area contributed by atoms with Crippen LogP contribution >= 0.6 is 11.6 Å². The van der Waals surface area contributed by atoms with Gasteiger partial charge in [-0.1, -0.05) is 11.6 Å². The van der Waals surface area contributed by atoms with E-state index in [1.165, 1.54) is 12.1 Å². The minimum Gasteiger partial charge on any atom is -0.768 e. The van der Waals surface area contributed by atoms with E-state index in [1.807, 2.05) is 0 Å². The summed E-state index contributed by atoms with van der Waals surface area (Å²) in [5.41, 5.74) is 0. The zero-order valence-electron chi connectivity index (χ0n) is 8.06. The molecule has 0 aliphatic heterocycles. The van der Waals surface area contributed by atoms with Crippen LogP contribution in [0.3, 0.4) is 0 Å². The molecule has 78 valence electrons. The molecule has 1 aromatic carbocycles. The zero-order chi connectivity index (χ0) is 10.9. The maximum Gasteiger partial charge on any atom is 1.00 e. The van der Waals surface area contributed by atoms with Crippen LogP contribution in [0.15, 0.2) is 28.0 Å². The van der Waals surface area contributed by atoms with Crippen molar-refractivity contribution in [3.63, 3.8) is 0 Å². The first-order chi connectivity index (χ1) is 6.32. The average Bonchev–Trinajstić information content (AvgIpc) is 2.02. The topological polar surface area (TPSA) is 74.3 Å². The molecule has 0 aliphatic rings. The van der Waals surface area contributed by atoms with Crippen LogP contribution < -0.4 is 29.6 Å². The van der Waals surface area contributed by atoms with Gasteiger partial charge in [0, 0.05) is 11.2 Å². The first-order valence-electron chi connectivity index (χ1n) is 3.41. The molecule has 0 aromatic heterocycles. The van der Waals surface area contributed by atoms with E-state index in [0.717, 1.165) is 12.3 Å².